The molecule has 1 heterocycles. The van der Waals surface area contributed by atoms with Crippen molar-refractivity contribution in [3.63, 3.8) is 0 Å². The topological polar surface area (TPSA) is 72.8 Å². The van der Waals surface area contributed by atoms with Gasteiger partial charge in [-0.2, -0.15) is 0 Å². The predicted octanol–water partition coefficient (Wildman–Crippen LogP) is 1.75. The molecule has 102 valence electrons. The fourth-order valence-corrected chi connectivity index (χ4v) is 2.06. The van der Waals surface area contributed by atoms with Crippen LogP contribution in [0.25, 0.3) is 0 Å². The first-order valence-corrected chi connectivity index (χ1v) is 6.19. The summed E-state index contributed by atoms with van der Waals surface area (Å²) in [4.78, 5) is 22.3. The Morgan fingerprint density at radius 1 is 1.37 bits per heavy atom. The number of rotatable bonds is 6. The zero-order chi connectivity index (χ0) is 13.7. The smallest absolute Gasteiger partial charge is 0.348 e. The molecule has 5 nitrogen and oxygen atoms in total. The first kappa shape index (κ1) is 13.5. The van der Waals surface area contributed by atoms with Gasteiger partial charge in [0.25, 0.3) is 0 Å². The molecule has 1 fully saturated rings. The maximum Gasteiger partial charge on any atom is 0.348 e. The SMILES string of the molecule is O=C1CCC(CCOCc2ccccc2)(C(=O)O)O1. The third-order valence-electron chi connectivity index (χ3n) is 3.19. The molecule has 0 amide bonds. The van der Waals surface area contributed by atoms with Gasteiger partial charge in [-0.1, -0.05) is 30.3 Å². The Bertz CT molecular complexity index is 456. The van der Waals surface area contributed by atoms with Crippen molar-refractivity contribution in [3.8, 4) is 0 Å². The molecule has 1 aromatic rings. The van der Waals surface area contributed by atoms with Gasteiger partial charge in [0, 0.05) is 19.3 Å². The molecule has 1 unspecified atom stereocenters. The molecule has 0 radical (unpaired) electrons. The molecular formula is C14H16O5. The number of hydrogen-bond acceptors (Lipinski definition) is 4. The molecule has 0 saturated carbocycles. The minimum absolute atomic E-state index is 0.158. The zero-order valence-corrected chi connectivity index (χ0v) is 10.5. The Morgan fingerprint density at radius 3 is 2.68 bits per heavy atom. The number of cyclic esters (lactones) is 1. The largest absolute Gasteiger partial charge is 0.478 e. The Morgan fingerprint density at radius 2 is 2.11 bits per heavy atom. The van der Waals surface area contributed by atoms with Crippen molar-refractivity contribution in [1.29, 1.82) is 0 Å². The van der Waals surface area contributed by atoms with E-state index < -0.39 is 17.5 Å². The molecule has 1 atom stereocenters. The molecule has 0 bridgehead atoms. The number of esters is 1. The Labute approximate surface area is 111 Å². The number of carboxylic acid groups (broad SMARTS) is 1. The van der Waals surface area contributed by atoms with Crippen molar-refractivity contribution < 1.29 is 24.2 Å². The highest BCUT2D eigenvalue weighted by Crippen LogP contribution is 2.30. The van der Waals surface area contributed by atoms with Gasteiger partial charge in [-0.05, 0) is 5.56 Å². The Kier molecular flexibility index (Phi) is 4.16. The van der Waals surface area contributed by atoms with Crippen molar-refractivity contribution in [2.24, 2.45) is 0 Å². The first-order valence-electron chi connectivity index (χ1n) is 6.19. The lowest BCUT2D eigenvalue weighted by Gasteiger charge is -2.22. The van der Waals surface area contributed by atoms with Crippen LogP contribution >= 0.6 is 0 Å². The maximum absolute atomic E-state index is 11.2. The van der Waals surface area contributed by atoms with Crippen LogP contribution in [0, 0.1) is 0 Å². The molecule has 1 aliphatic rings. The monoisotopic (exact) mass is 264 g/mol. The average Bonchev–Trinajstić information content (AvgIpc) is 2.79. The Balaban J connectivity index is 1.81. The van der Waals surface area contributed by atoms with E-state index in [9.17, 15) is 9.59 Å². The van der Waals surface area contributed by atoms with Crippen molar-refractivity contribution >= 4 is 11.9 Å². The zero-order valence-electron chi connectivity index (χ0n) is 10.5. The summed E-state index contributed by atoms with van der Waals surface area (Å²) < 4.78 is 10.4. The second-order valence-electron chi connectivity index (χ2n) is 4.56. The second kappa shape index (κ2) is 5.84. The van der Waals surface area contributed by atoms with E-state index in [2.05, 4.69) is 0 Å². The lowest BCUT2D eigenvalue weighted by Crippen LogP contribution is -2.39. The lowest BCUT2D eigenvalue weighted by molar-refractivity contribution is -0.171. The van der Waals surface area contributed by atoms with E-state index in [1.54, 1.807) is 0 Å². The van der Waals surface area contributed by atoms with Gasteiger partial charge in [0.1, 0.15) is 0 Å². The summed E-state index contributed by atoms with van der Waals surface area (Å²) in [5, 5.41) is 9.17. The number of hydrogen-bond donors (Lipinski definition) is 1. The lowest BCUT2D eigenvalue weighted by atomic mass is 9.97. The number of ether oxygens (including phenoxy) is 2. The molecule has 1 aliphatic heterocycles. The normalized spacial score (nSPS) is 22.2. The van der Waals surface area contributed by atoms with E-state index in [0.717, 1.165) is 5.56 Å². The minimum atomic E-state index is -1.40. The molecule has 2 rings (SSSR count). The van der Waals surface area contributed by atoms with Crippen LogP contribution in [-0.2, 0) is 25.7 Å². The van der Waals surface area contributed by atoms with Gasteiger partial charge < -0.3 is 14.6 Å². The van der Waals surface area contributed by atoms with Crippen LogP contribution in [0.5, 0.6) is 0 Å². The molecule has 0 spiro atoms. The predicted molar refractivity (Wildman–Crippen MR) is 66.4 cm³/mol. The molecule has 1 N–H and O–H groups in total. The van der Waals surface area contributed by atoms with Crippen LogP contribution < -0.4 is 0 Å². The highest BCUT2D eigenvalue weighted by molar-refractivity contribution is 5.85. The highest BCUT2D eigenvalue weighted by Gasteiger charge is 2.47. The Hall–Kier alpha value is -1.88. The number of benzene rings is 1. The quantitative estimate of drug-likeness (QED) is 0.626. The number of carbonyl (C=O) groups is 2. The molecule has 0 aromatic heterocycles. The maximum atomic E-state index is 11.2. The van der Waals surface area contributed by atoms with E-state index in [1.165, 1.54) is 0 Å². The summed E-state index contributed by atoms with van der Waals surface area (Å²) >= 11 is 0. The van der Waals surface area contributed by atoms with Crippen molar-refractivity contribution in [1.82, 2.24) is 0 Å². The number of carboxylic acids is 1. The summed E-state index contributed by atoms with van der Waals surface area (Å²) in [7, 11) is 0. The van der Waals surface area contributed by atoms with Crippen LogP contribution in [0.1, 0.15) is 24.8 Å². The van der Waals surface area contributed by atoms with Crippen LogP contribution in [0.4, 0.5) is 0 Å². The highest BCUT2D eigenvalue weighted by atomic mass is 16.6. The van der Waals surface area contributed by atoms with Gasteiger partial charge in [-0.15, -0.1) is 0 Å². The van der Waals surface area contributed by atoms with Gasteiger partial charge in [0.2, 0.25) is 5.60 Å². The standard InChI is InChI=1S/C14H16O5/c15-12-6-7-14(19-12,13(16)17)8-9-18-10-11-4-2-1-3-5-11/h1-5H,6-10H2,(H,16,17). The van der Waals surface area contributed by atoms with Crippen LogP contribution in [-0.4, -0.2) is 29.3 Å². The van der Waals surface area contributed by atoms with Gasteiger partial charge in [-0.25, -0.2) is 4.79 Å². The summed E-state index contributed by atoms with van der Waals surface area (Å²) in [5.41, 5.74) is -0.372. The molecular weight excluding hydrogens is 248 g/mol. The number of aliphatic carboxylic acids is 1. The fraction of sp³-hybridized carbons (Fsp3) is 0.429. The molecule has 0 aliphatic carbocycles. The van der Waals surface area contributed by atoms with Crippen LogP contribution in [0.2, 0.25) is 0 Å². The van der Waals surface area contributed by atoms with Crippen LogP contribution in [0.3, 0.4) is 0 Å². The van der Waals surface area contributed by atoms with Gasteiger partial charge >= 0.3 is 11.9 Å². The molecule has 19 heavy (non-hydrogen) atoms. The van der Waals surface area contributed by atoms with Crippen molar-refractivity contribution in [3.05, 3.63) is 35.9 Å². The average molecular weight is 264 g/mol. The van der Waals surface area contributed by atoms with Crippen molar-refractivity contribution in [2.45, 2.75) is 31.5 Å². The minimum Gasteiger partial charge on any atom is -0.478 e. The molecule has 1 aromatic carbocycles. The third-order valence-corrected chi connectivity index (χ3v) is 3.19. The van der Waals surface area contributed by atoms with E-state index in [4.69, 9.17) is 14.6 Å². The summed E-state index contributed by atoms with van der Waals surface area (Å²) in [6.07, 6.45) is 0.557. The molecule has 1 saturated heterocycles. The van der Waals surface area contributed by atoms with E-state index in [0.29, 0.717) is 6.61 Å². The second-order valence-corrected chi connectivity index (χ2v) is 4.56. The summed E-state index contributed by atoms with van der Waals surface area (Å²) in [6.45, 7) is 0.666. The first-order chi connectivity index (χ1) is 9.12. The van der Waals surface area contributed by atoms with E-state index in [1.807, 2.05) is 30.3 Å². The molecule has 5 heteroatoms. The van der Waals surface area contributed by atoms with Gasteiger partial charge in [0.15, 0.2) is 0 Å². The van der Waals surface area contributed by atoms with Crippen LogP contribution in [0.15, 0.2) is 30.3 Å². The van der Waals surface area contributed by atoms with Crippen molar-refractivity contribution in [2.75, 3.05) is 6.61 Å². The summed E-state index contributed by atoms with van der Waals surface area (Å²) in [5.74, 6) is -1.55. The van der Waals surface area contributed by atoms with Gasteiger partial charge in [-0.3, -0.25) is 4.79 Å². The fourth-order valence-electron chi connectivity index (χ4n) is 2.06. The van der Waals surface area contributed by atoms with E-state index in [-0.39, 0.29) is 25.9 Å². The van der Waals surface area contributed by atoms with Gasteiger partial charge in [0.05, 0.1) is 13.2 Å². The number of carbonyl (C=O) groups excluding carboxylic acids is 1. The van der Waals surface area contributed by atoms with E-state index >= 15 is 0 Å². The third kappa shape index (κ3) is 3.32. The summed E-state index contributed by atoms with van der Waals surface area (Å²) in [6, 6.07) is 9.61.